The summed E-state index contributed by atoms with van der Waals surface area (Å²) in [4.78, 5) is 12.5. The quantitative estimate of drug-likeness (QED) is 0.913. The third-order valence-electron chi connectivity index (χ3n) is 4.85. The highest BCUT2D eigenvalue weighted by molar-refractivity contribution is 5.81. The van der Waals surface area contributed by atoms with Gasteiger partial charge in [0.2, 0.25) is 0 Å². The van der Waals surface area contributed by atoms with Gasteiger partial charge >= 0.3 is 0 Å². The summed E-state index contributed by atoms with van der Waals surface area (Å²) in [6.45, 7) is 5.92. The number of ether oxygens (including phenoxy) is 1. The minimum Gasteiger partial charge on any atom is -0.481 e. The Bertz CT molecular complexity index is 738. The standard InChI is InChI=1S/C21H25NO2/c1-14-11-12-18(13-15(14)2)24-16(3)21(23)22-20-10-6-8-17-7-4-5-9-19(17)20/h4-5,7,9,11-13,16,20H,6,8,10H2,1-3H3,(H,22,23)/t16-,20+/m0/s1. The number of hydrogen-bond donors (Lipinski definition) is 1. The fourth-order valence-corrected chi connectivity index (χ4v) is 3.24. The summed E-state index contributed by atoms with van der Waals surface area (Å²) in [6, 6.07) is 14.4. The van der Waals surface area contributed by atoms with Gasteiger partial charge in [0.1, 0.15) is 5.75 Å². The summed E-state index contributed by atoms with van der Waals surface area (Å²) in [5.41, 5.74) is 4.98. The highest BCUT2D eigenvalue weighted by atomic mass is 16.5. The highest BCUT2D eigenvalue weighted by Gasteiger charge is 2.24. The zero-order chi connectivity index (χ0) is 17.1. The monoisotopic (exact) mass is 323 g/mol. The molecule has 24 heavy (non-hydrogen) atoms. The third-order valence-corrected chi connectivity index (χ3v) is 4.85. The number of fused-ring (bicyclic) bond motifs is 1. The molecule has 0 bridgehead atoms. The van der Waals surface area contributed by atoms with E-state index < -0.39 is 6.10 Å². The van der Waals surface area contributed by atoms with Crippen molar-refractivity contribution in [2.45, 2.75) is 52.2 Å². The van der Waals surface area contributed by atoms with E-state index in [4.69, 9.17) is 4.74 Å². The van der Waals surface area contributed by atoms with Crippen molar-refractivity contribution >= 4 is 5.91 Å². The fourth-order valence-electron chi connectivity index (χ4n) is 3.24. The molecule has 0 heterocycles. The molecular formula is C21H25NO2. The molecule has 3 nitrogen and oxygen atoms in total. The Morgan fingerprint density at radius 1 is 1.17 bits per heavy atom. The molecule has 0 fully saturated rings. The third kappa shape index (κ3) is 3.61. The van der Waals surface area contributed by atoms with Crippen LogP contribution in [0.15, 0.2) is 42.5 Å². The van der Waals surface area contributed by atoms with E-state index in [-0.39, 0.29) is 11.9 Å². The predicted molar refractivity (Wildman–Crippen MR) is 96.3 cm³/mol. The van der Waals surface area contributed by atoms with Crippen molar-refractivity contribution in [3.63, 3.8) is 0 Å². The predicted octanol–water partition coefficient (Wildman–Crippen LogP) is 4.26. The van der Waals surface area contributed by atoms with E-state index in [1.165, 1.54) is 22.3 Å². The minimum absolute atomic E-state index is 0.0602. The van der Waals surface area contributed by atoms with Crippen LogP contribution in [0.25, 0.3) is 0 Å². The topological polar surface area (TPSA) is 38.3 Å². The van der Waals surface area contributed by atoms with Crippen molar-refractivity contribution in [2.75, 3.05) is 0 Å². The van der Waals surface area contributed by atoms with E-state index in [1.54, 1.807) is 6.92 Å². The summed E-state index contributed by atoms with van der Waals surface area (Å²) >= 11 is 0. The lowest BCUT2D eigenvalue weighted by atomic mass is 9.87. The van der Waals surface area contributed by atoms with E-state index in [9.17, 15) is 4.79 Å². The Hall–Kier alpha value is -2.29. The number of carbonyl (C=O) groups excluding carboxylic acids is 1. The Balaban J connectivity index is 1.65. The number of benzene rings is 2. The molecule has 1 aliphatic rings. The van der Waals surface area contributed by atoms with Crippen LogP contribution in [-0.4, -0.2) is 12.0 Å². The number of amides is 1. The van der Waals surface area contributed by atoms with Crippen LogP contribution in [0.1, 0.15) is 48.1 Å². The average Bonchev–Trinajstić information content (AvgIpc) is 2.58. The van der Waals surface area contributed by atoms with Gasteiger partial charge in [-0.25, -0.2) is 0 Å². The van der Waals surface area contributed by atoms with Crippen LogP contribution in [0.5, 0.6) is 5.75 Å². The molecule has 2 aromatic rings. The van der Waals surface area contributed by atoms with Crippen LogP contribution in [0.4, 0.5) is 0 Å². The number of aryl methyl sites for hydroxylation is 3. The molecule has 2 atom stereocenters. The lowest BCUT2D eigenvalue weighted by molar-refractivity contribution is -0.128. The van der Waals surface area contributed by atoms with Gasteiger partial charge in [-0.05, 0) is 74.4 Å². The molecule has 1 amide bonds. The maximum Gasteiger partial charge on any atom is 0.261 e. The van der Waals surface area contributed by atoms with Crippen LogP contribution < -0.4 is 10.1 Å². The van der Waals surface area contributed by atoms with Crippen molar-refractivity contribution in [2.24, 2.45) is 0 Å². The van der Waals surface area contributed by atoms with Gasteiger partial charge in [-0.2, -0.15) is 0 Å². The Kier molecular flexibility index (Phi) is 4.89. The zero-order valence-corrected chi connectivity index (χ0v) is 14.6. The van der Waals surface area contributed by atoms with Crippen LogP contribution in [0, 0.1) is 13.8 Å². The van der Waals surface area contributed by atoms with Gasteiger partial charge in [0, 0.05) is 0 Å². The molecule has 0 saturated heterocycles. The van der Waals surface area contributed by atoms with Crippen LogP contribution in [-0.2, 0) is 11.2 Å². The first-order chi connectivity index (χ1) is 11.5. The molecule has 126 valence electrons. The largest absolute Gasteiger partial charge is 0.481 e. The molecule has 0 saturated carbocycles. The van der Waals surface area contributed by atoms with Gasteiger partial charge in [-0.15, -0.1) is 0 Å². The maximum absolute atomic E-state index is 12.5. The Morgan fingerprint density at radius 2 is 1.96 bits per heavy atom. The molecule has 0 spiro atoms. The van der Waals surface area contributed by atoms with Crippen molar-refractivity contribution in [1.29, 1.82) is 0 Å². The van der Waals surface area contributed by atoms with Crippen LogP contribution >= 0.6 is 0 Å². The van der Waals surface area contributed by atoms with Gasteiger partial charge in [-0.3, -0.25) is 4.79 Å². The van der Waals surface area contributed by atoms with Gasteiger partial charge in [0.15, 0.2) is 6.10 Å². The molecule has 1 N–H and O–H groups in total. The second-order valence-corrected chi connectivity index (χ2v) is 6.66. The Morgan fingerprint density at radius 3 is 2.75 bits per heavy atom. The zero-order valence-electron chi connectivity index (χ0n) is 14.6. The maximum atomic E-state index is 12.5. The van der Waals surface area contributed by atoms with E-state index in [0.29, 0.717) is 0 Å². The minimum atomic E-state index is -0.513. The van der Waals surface area contributed by atoms with Gasteiger partial charge in [0.05, 0.1) is 6.04 Å². The van der Waals surface area contributed by atoms with E-state index in [2.05, 4.69) is 30.4 Å². The molecule has 0 aromatic heterocycles. The van der Waals surface area contributed by atoms with Crippen molar-refractivity contribution in [1.82, 2.24) is 5.32 Å². The van der Waals surface area contributed by atoms with Crippen molar-refractivity contribution < 1.29 is 9.53 Å². The van der Waals surface area contributed by atoms with Crippen molar-refractivity contribution in [3.8, 4) is 5.75 Å². The molecule has 1 aliphatic carbocycles. The first-order valence-corrected chi connectivity index (χ1v) is 8.66. The van der Waals surface area contributed by atoms with Gasteiger partial charge in [0.25, 0.3) is 5.91 Å². The van der Waals surface area contributed by atoms with Crippen LogP contribution in [0.2, 0.25) is 0 Å². The second kappa shape index (κ2) is 7.08. The van der Waals surface area contributed by atoms with E-state index in [0.717, 1.165) is 25.0 Å². The average molecular weight is 323 g/mol. The number of rotatable bonds is 4. The van der Waals surface area contributed by atoms with Crippen molar-refractivity contribution in [3.05, 3.63) is 64.7 Å². The molecule has 0 radical (unpaired) electrons. The molecule has 3 rings (SSSR count). The van der Waals surface area contributed by atoms with E-state index >= 15 is 0 Å². The normalized spacial score (nSPS) is 17.7. The second-order valence-electron chi connectivity index (χ2n) is 6.66. The SMILES string of the molecule is Cc1ccc(O[C@@H](C)C(=O)N[C@@H]2CCCc3ccccc32)cc1C. The first-order valence-electron chi connectivity index (χ1n) is 8.66. The highest BCUT2D eigenvalue weighted by Crippen LogP contribution is 2.29. The number of hydrogen-bond acceptors (Lipinski definition) is 2. The summed E-state index contributed by atoms with van der Waals surface area (Å²) in [6.07, 6.45) is 2.67. The van der Waals surface area contributed by atoms with Gasteiger partial charge in [-0.1, -0.05) is 30.3 Å². The molecular weight excluding hydrogens is 298 g/mol. The lowest BCUT2D eigenvalue weighted by Crippen LogP contribution is -2.39. The van der Waals surface area contributed by atoms with E-state index in [1.807, 2.05) is 31.2 Å². The fraction of sp³-hybridized carbons (Fsp3) is 0.381. The van der Waals surface area contributed by atoms with Gasteiger partial charge < -0.3 is 10.1 Å². The summed E-state index contributed by atoms with van der Waals surface area (Å²) in [5.74, 6) is 0.680. The van der Waals surface area contributed by atoms with Crippen LogP contribution in [0.3, 0.4) is 0 Å². The smallest absolute Gasteiger partial charge is 0.261 e. The summed E-state index contributed by atoms with van der Waals surface area (Å²) < 4.78 is 5.83. The number of nitrogens with one attached hydrogen (secondary N) is 1. The summed E-state index contributed by atoms with van der Waals surface area (Å²) in [5, 5.41) is 3.16. The number of carbonyl (C=O) groups is 1. The summed E-state index contributed by atoms with van der Waals surface area (Å²) in [7, 11) is 0. The first kappa shape index (κ1) is 16.6. The lowest BCUT2D eigenvalue weighted by Gasteiger charge is -2.27. The molecule has 0 unspecified atom stereocenters. The Labute approximate surface area is 144 Å². The molecule has 0 aliphatic heterocycles. The molecule has 2 aromatic carbocycles. The molecule has 3 heteroatoms.